The third-order valence-corrected chi connectivity index (χ3v) is 2.70. The highest BCUT2D eigenvalue weighted by Gasteiger charge is 2.03. The monoisotopic (exact) mass is 267 g/mol. The van der Waals surface area contributed by atoms with Crippen LogP contribution >= 0.6 is 0 Å². The number of hydrogen-bond acceptors (Lipinski definition) is 5. The van der Waals surface area contributed by atoms with Crippen LogP contribution in [0.4, 0.5) is 5.82 Å². The zero-order chi connectivity index (χ0) is 13.9. The van der Waals surface area contributed by atoms with Crippen LogP contribution in [0.2, 0.25) is 0 Å². The molecule has 0 aliphatic heterocycles. The minimum Gasteiger partial charge on any atom is -0.478 e. The largest absolute Gasteiger partial charge is 0.478 e. The lowest BCUT2D eigenvalue weighted by atomic mass is 10.2. The van der Waals surface area contributed by atoms with Gasteiger partial charge in [-0.25, -0.2) is 4.98 Å². The van der Waals surface area contributed by atoms with Gasteiger partial charge in [-0.05, 0) is 13.3 Å². The lowest BCUT2D eigenvalue weighted by Crippen LogP contribution is -2.06. The first-order valence-corrected chi connectivity index (χ1v) is 7.10. The topological polar surface area (TPSA) is 70.3 Å². The van der Waals surface area contributed by atoms with Gasteiger partial charge in [0.25, 0.3) is 0 Å². The van der Waals surface area contributed by atoms with Crippen LogP contribution in [0.1, 0.15) is 51.8 Å². The number of rotatable bonds is 10. The third-order valence-electron chi connectivity index (χ3n) is 2.70. The summed E-state index contributed by atoms with van der Waals surface area (Å²) in [4.78, 5) is 8.37. The SMILES string of the molecule is CCCCCCCOc1cc(N)nc(COCC)n1. The van der Waals surface area contributed by atoms with Crippen LogP contribution in [-0.4, -0.2) is 23.2 Å². The van der Waals surface area contributed by atoms with Crippen LogP contribution < -0.4 is 10.5 Å². The summed E-state index contributed by atoms with van der Waals surface area (Å²) in [7, 11) is 0. The smallest absolute Gasteiger partial charge is 0.218 e. The Morgan fingerprint density at radius 3 is 2.63 bits per heavy atom. The average molecular weight is 267 g/mol. The Hall–Kier alpha value is -1.36. The second-order valence-corrected chi connectivity index (χ2v) is 4.45. The van der Waals surface area contributed by atoms with Crippen molar-refractivity contribution in [3.8, 4) is 5.88 Å². The first-order valence-electron chi connectivity index (χ1n) is 7.10. The van der Waals surface area contributed by atoms with Crippen LogP contribution in [-0.2, 0) is 11.3 Å². The molecule has 5 heteroatoms. The predicted molar refractivity (Wildman–Crippen MR) is 76.0 cm³/mol. The van der Waals surface area contributed by atoms with E-state index < -0.39 is 0 Å². The van der Waals surface area contributed by atoms with E-state index in [9.17, 15) is 0 Å². The highest BCUT2D eigenvalue weighted by Crippen LogP contribution is 2.12. The molecule has 0 aliphatic rings. The van der Waals surface area contributed by atoms with E-state index in [0.717, 1.165) is 6.42 Å². The third kappa shape index (κ3) is 6.96. The summed E-state index contributed by atoms with van der Waals surface area (Å²) in [6.07, 6.45) is 6.05. The Labute approximate surface area is 115 Å². The van der Waals surface area contributed by atoms with Crippen molar-refractivity contribution in [1.82, 2.24) is 9.97 Å². The van der Waals surface area contributed by atoms with Crippen LogP contribution in [0.3, 0.4) is 0 Å². The Morgan fingerprint density at radius 1 is 1.11 bits per heavy atom. The van der Waals surface area contributed by atoms with E-state index in [1.54, 1.807) is 6.07 Å². The standard InChI is InChI=1S/C14H25N3O2/c1-3-5-6-7-8-9-19-14-10-12(15)16-13(17-14)11-18-4-2/h10H,3-9,11H2,1-2H3,(H2,15,16,17). The Bertz CT molecular complexity index is 359. The normalized spacial score (nSPS) is 10.6. The molecule has 1 aromatic rings. The second-order valence-electron chi connectivity index (χ2n) is 4.45. The van der Waals surface area contributed by atoms with Gasteiger partial charge in [-0.15, -0.1) is 0 Å². The van der Waals surface area contributed by atoms with Crippen molar-refractivity contribution >= 4 is 5.82 Å². The lowest BCUT2D eigenvalue weighted by molar-refractivity contribution is 0.127. The summed E-state index contributed by atoms with van der Waals surface area (Å²) < 4.78 is 10.9. The molecule has 19 heavy (non-hydrogen) atoms. The highest BCUT2D eigenvalue weighted by atomic mass is 16.5. The molecule has 0 spiro atoms. The molecule has 108 valence electrons. The minimum absolute atomic E-state index is 0.369. The molecule has 0 bridgehead atoms. The molecular formula is C14H25N3O2. The number of ether oxygens (including phenoxy) is 2. The van der Waals surface area contributed by atoms with E-state index in [0.29, 0.717) is 37.3 Å². The molecule has 1 heterocycles. The number of aromatic nitrogens is 2. The molecule has 1 rings (SSSR count). The Kier molecular flexibility index (Phi) is 7.89. The van der Waals surface area contributed by atoms with Gasteiger partial charge >= 0.3 is 0 Å². The van der Waals surface area contributed by atoms with Crippen molar-refractivity contribution in [2.24, 2.45) is 0 Å². The number of hydrogen-bond donors (Lipinski definition) is 1. The maximum absolute atomic E-state index is 5.71. The van der Waals surface area contributed by atoms with Gasteiger partial charge in [0.15, 0.2) is 5.82 Å². The van der Waals surface area contributed by atoms with Crippen molar-refractivity contribution in [1.29, 1.82) is 0 Å². The molecule has 1 aromatic heterocycles. The summed E-state index contributed by atoms with van der Waals surface area (Å²) in [6.45, 7) is 5.81. The minimum atomic E-state index is 0.369. The molecule has 0 atom stereocenters. The summed E-state index contributed by atoms with van der Waals surface area (Å²) >= 11 is 0. The zero-order valence-electron chi connectivity index (χ0n) is 12.0. The van der Waals surface area contributed by atoms with Gasteiger partial charge in [0, 0.05) is 12.7 Å². The molecule has 0 aromatic carbocycles. The fraction of sp³-hybridized carbons (Fsp3) is 0.714. The molecular weight excluding hydrogens is 242 g/mol. The first-order chi connectivity index (χ1) is 9.26. The molecule has 0 amide bonds. The van der Waals surface area contributed by atoms with Gasteiger partial charge in [0.05, 0.1) is 6.61 Å². The summed E-state index contributed by atoms with van der Waals surface area (Å²) in [5.41, 5.74) is 5.71. The van der Waals surface area contributed by atoms with Crippen molar-refractivity contribution in [3.05, 3.63) is 11.9 Å². The van der Waals surface area contributed by atoms with Crippen molar-refractivity contribution in [3.63, 3.8) is 0 Å². The van der Waals surface area contributed by atoms with Gasteiger partial charge in [-0.3, -0.25) is 0 Å². The van der Waals surface area contributed by atoms with E-state index in [2.05, 4.69) is 16.9 Å². The first kappa shape index (κ1) is 15.7. The van der Waals surface area contributed by atoms with Crippen LogP contribution in [0.15, 0.2) is 6.07 Å². The van der Waals surface area contributed by atoms with E-state index in [1.165, 1.54) is 25.7 Å². The van der Waals surface area contributed by atoms with Crippen LogP contribution in [0, 0.1) is 0 Å². The van der Waals surface area contributed by atoms with Gasteiger partial charge < -0.3 is 15.2 Å². The van der Waals surface area contributed by atoms with Gasteiger partial charge in [0.2, 0.25) is 5.88 Å². The Balaban J connectivity index is 2.34. The fourth-order valence-electron chi connectivity index (χ4n) is 1.71. The summed E-state index contributed by atoms with van der Waals surface area (Å²) in [6, 6.07) is 1.65. The van der Waals surface area contributed by atoms with Gasteiger partial charge in [-0.1, -0.05) is 32.6 Å². The highest BCUT2D eigenvalue weighted by molar-refractivity contribution is 5.32. The van der Waals surface area contributed by atoms with Crippen molar-refractivity contribution < 1.29 is 9.47 Å². The zero-order valence-corrected chi connectivity index (χ0v) is 12.0. The molecule has 0 saturated carbocycles. The Morgan fingerprint density at radius 2 is 1.89 bits per heavy atom. The average Bonchev–Trinajstić information content (AvgIpc) is 2.40. The van der Waals surface area contributed by atoms with Crippen LogP contribution in [0.25, 0.3) is 0 Å². The number of nitrogens with two attached hydrogens (primary N) is 1. The molecule has 0 fully saturated rings. The van der Waals surface area contributed by atoms with E-state index in [1.807, 2.05) is 6.92 Å². The number of nitrogens with zero attached hydrogens (tertiary/aromatic N) is 2. The van der Waals surface area contributed by atoms with E-state index in [-0.39, 0.29) is 0 Å². The molecule has 0 radical (unpaired) electrons. The maximum atomic E-state index is 5.71. The summed E-state index contributed by atoms with van der Waals surface area (Å²) in [5, 5.41) is 0. The summed E-state index contributed by atoms with van der Waals surface area (Å²) in [5.74, 6) is 1.53. The number of anilines is 1. The molecule has 2 N–H and O–H groups in total. The van der Waals surface area contributed by atoms with Crippen molar-refractivity contribution in [2.45, 2.75) is 52.6 Å². The second kappa shape index (κ2) is 9.55. The lowest BCUT2D eigenvalue weighted by Gasteiger charge is -2.08. The van der Waals surface area contributed by atoms with Crippen LogP contribution in [0.5, 0.6) is 5.88 Å². The number of nitrogen functional groups attached to an aromatic ring is 1. The molecule has 0 unspecified atom stereocenters. The fourth-order valence-corrected chi connectivity index (χ4v) is 1.71. The number of unbranched alkanes of at least 4 members (excludes halogenated alkanes) is 4. The predicted octanol–water partition coefficient (Wildman–Crippen LogP) is 2.94. The van der Waals surface area contributed by atoms with Gasteiger partial charge in [-0.2, -0.15) is 4.98 Å². The van der Waals surface area contributed by atoms with Crippen molar-refractivity contribution in [2.75, 3.05) is 18.9 Å². The molecule has 5 nitrogen and oxygen atoms in total. The maximum Gasteiger partial charge on any atom is 0.218 e. The van der Waals surface area contributed by atoms with Gasteiger partial charge in [0.1, 0.15) is 12.4 Å². The molecule has 0 aliphatic carbocycles. The van der Waals surface area contributed by atoms with E-state index >= 15 is 0 Å². The quantitative estimate of drug-likeness (QED) is 0.660. The molecule has 0 saturated heterocycles. The van der Waals surface area contributed by atoms with E-state index in [4.69, 9.17) is 15.2 Å².